The molecule has 0 saturated carbocycles. The maximum Gasteiger partial charge on any atom is -0.00746 e. The topological polar surface area (TPSA) is 26.0 Å². The molecule has 2 N–H and O–H groups in total. The predicted molar refractivity (Wildman–Crippen MR) is 47.0 cm³/mol. The minimum Gasteiger partial charge on any atom is -0.330 e. The van der Waals surface area contributed by atoms with E-state index >= 15 is 0 Å². The Hall–Kier alpha value is -0.0400. The van der Waals surface area contributed by atoms with E-state index in [0.717, 1.165) is 12.5 Å². The molecular formula is C9H21N. The van der Waals surface area contributed by atoms with Crippen molar-refractivity contribution in [3.05, 3.63) is 0 Å². The summed E-state index contributed by atoms with van der Waals surface area (Å²) in [5.74, 6) is 0.893. The van der Waals surface area contributed by atoms with Gasteiger partial charge in [-0.25, -0.2) is 0 Å². The minimum absolute atomic E-state index is 0.863. The van der Waals surface area contributed by atoms with Gasteiger partial charge in [0.15, 0.2) is 0 Å². The fraction of sp³-hybridized carbons (Fsp3) is 1.00. The molecule has 1 atom stereocenters. The molecule has 0 amide bonds. The van der Waals surface area contributed by atoms with Gasteiger partial charge in [0.25, 0.3) is 0 Å². The average molecular weight is 143 g/mol. The second kappa shape index (κ2) is 7.07. The summed E-state index contributed by atoms with van der Waals surface area (Å²) in [5.41, 5.74) is 5.48. The normalized spacial score (nSPS) is 13.5. The van der Waals surface area contributed by atoms with E-state index in [0.29, 0.717) is 0 Å². The lowest BCUT2D eigenvalue weighted by atomic mass is 9.96. The van der Waals surface area contributed by atoms with Crippen LogP contribution in [0.5, 0.6) is 0 Å². The molecule has 0 aromatic rings. The Bertz CT molecular complexity index is 61.7. The van der Waals surface area contributed by atoms with Gasteiger partial charge in [0.2, 0.25) is 0 Å². The molecule has 1 nitrogen and oxygen atoms in total. The Morgan fingerprint density at radius 3 is 2.30 bits per heavy atom. The van der Waals surface area contributed by atoms with Gasteiger partial charge in [0, 0.05) is 0 Å². The third-order valence-corrected chi connectivity index (χ3v) is 2.12. The zero-order valence-corrected chi connectivity index (χ0v) is 7.40. The van der Waals surface area contributed by atoms with Gasteiger partial charge in [-0.1, -0.05) is 39.5 Å². The van der Waals surface area contributed by atoms with Gasteiger partial charge in [-0.05, 0) is 18.9 Å². The second-order valence-corrected chi connectivity index (χ2v) is 2.99. The maximum atomic E-state index is 5.48. The first-order valence-corrected chi connectivity index (χ1v) is 4.55. The van der Waals surface area contributed by atoms with E-state index in [1.165, 1.54) is 32.1 Å². The Morgan fingerprint density at radius 1 is 1.20 bits per heavy atom. The van der Waals surface area contributed by atoms with Crippen LogP contribution in [0.25, 0.3) is 0 Å². The van der Waals surface area contributed by atoms with Crippen molar-refractivity contribution in [1.82, 2.24) is 0 Å². The highest BCUT2D eigenvalue weighted by molar-refractivity contribution is 4.57. The first-order chi connectivity index (χ1) is 4.85. The summed E-state index contributed by atoms with van der Waals surface area (Å²) in [6, 6.07) is 0. The molecule has 1 unspecified atom stereocenters. The van der Waals surface area contributed by atoms with Crippen molar-refractivity contribution in [3.8, 4) is 0 Å². The van der Waals surface area contributed by atoms with E-state index in [2.05, 4.69) is 13.8 Å². The van der Waals surface area contributed by atoms with Crippen LogP contribution >= 0.6 is 0 Å². The van der Waals surface area contributed by atoms with Crippen molar-refractivity contribution in [3.63, 3.8) is 0 Å². The third-order valence-electron chi connectivity index (χ3n) is 2.12. The molecule has 0 aliphatic carbocycles. The third kappa shape index (κ3) is 4.80. The summed E-state index contributed by atoms with van der Waals surface area (Å²) in [5, 5.41) is 0. The van der Waals surface area contributed by atoms with Crippen molar-refractivity contribution in [2.45, 2.75) is 46.0 Å². The van der Waals surface area contributed by atoms with Crippen molar-refractivity contribution in [2.24, 2.45) is 11.7 Å². The molecule has 0 fully saturated rings. The number of hydrogen-bond acceptors (Lipinski definition) is 1. The molecule has 0 radical (unpaired) electrons. The Balaban J connectivity index is 3.21. The Labute approximate surface area is 65.0 Å². The van der Waals surface area contributed by atoms with E-state index in [9.17, 15) is 0 Å². The van der Waals surface area contributed by atoms with Gasteiger partial charge in [-0.2, -0.15) is 0 Å². The highest BCUT2D eigenvalue weighted by atomic mass is 14.5. The Kier molecular flexibility index (Phi) is 7.04. The first-order valence-electron chi connectivity index (χ1n) is 4.55. The Morgan fingerprint density at radius 2 is 1.90 bits per heavy atom. The molecule has 0 rings (SSSR count). The lowest BCUT2D eigenvalue weighted by Crippen LogP contribution is -2.07. The summed E-state index contributed by atoms with van der Waals surface area (Å²) in [7, 11) is 0. The zero-order valence-electron chi connectivity index (χ0n) is 7.40. The van der Waals surface area contributed by atoms with Gasteiger partial charge in [-0.15, -0.1) is 0 Å². The maximum absolute atomic E-state index is 5.48. The van der Waals surface area contributed by atoms with Gasteiger partial charge >= 0.3 is 0 Å². The summed E-state index contributed by atoms with van der Waals surface area (Å²) in [4.78, 5) is 0. The second-order valence-electron chi connectivity index (χ2n) is 2.99. The summed E-state index contributed by atoms with van der Waals surface area (Å²) < 4.78 is 0. The quantitative estimate of drug-likeness (QED) is 0.607. The van der Waals surface area contributed by atoms with Crippen LogP contribution in [0.15, 0.2) is 0 Å². The molecule has 0 saturated heterocycles. The van der Waals surface area contributed by atoms with Crippen molar-refractivity contribution in [2.75, 3.05) is 6.54 Å². The van der Waals surface area contributed by atoms with E-state index in [-0.39, 0.29) is 0 Å². The van der Waals surface area contributed by atoms with Crippen LogP contribution in [0.3, 0.4) is 0 Å². The smallest absolute Gasteiger partial charge is 0.00746 e. The monoisotopic (exact) mass is 143 g/mol. The van der Waals surface area contributed by atoms with Crippen LogP contribution in [0.4, 0.5) is 0 Å². The lowest BCUT2D eigenvalue weighted by Gasteiger charge is -2.11. The van der Waals surface area contributed by atoms with Gasteiger partial charge in [-0.3, -0.25) is 0 Å². The van der Waals surface area contributed by atoms with E-state index in [1.54, 1.807) is 0 Å². The van der Waals surface area contributed by atoms with Gasteiger partial charge in [0.05, 0.1) is 0 Å². The summed E-state index contributed by atoms with van der Waals surface area (Å²) >= 11 is 0. The molecule has 0 spiro atoms. The van der Waals surface area contributed by atoms with Crippen molar-refractivity contribution < 1.29 is 0 Å². The van der Waals surface area contributed by atoms with E-state index < -0.39 is 0 Å². The predicted octanol–water partition coefficient (Wildman–Crippen LogP) is 2.55. The molecule has 0 bridgehead atoms. The molecule has 0 aliphatic heterocycles. The highest BCUT2D eigenvalue weighted by Gasteiger charge is 2.02. The molecule has 10 heavy (non-hydrogen) atoms. The van der Waals surface area contributed by atoms with Crippen LogP contribution in [-0.2, 0) is 0 Å². The van der Waals surface area contributed by atoms with Crippen molar-refractivity contribution >= 4 is 0 Å². The zero-order chi connectivity index (χ0) is 7.82. The highest BCUT2D eigenvalue weighted by Crippen LogP contribution is 2.14. The van der Waals surface area contributed by atoms with Crippen LogP contribution in [0.2, 0.25) is 0 Å². The molecule has 62 valence electrons. The van der Waals surface area contributed by atoms with Crippen molar-refractivity contribution in [1.29, 1.82) is 0 Å². The molecular weight excluding hydrogens is 122 g/mol. The van der Waals surface area contributed by atoms with E-state index in [4.69, 9.17) is 5.73 Å². The lowest BCUT2D eigenvalue weighted by molar-refractivity contribution is 0.427. The van der Waals surface area contributed by atoms with E-state index in [1.807, 2.05) is 0 Å². The van der Waals surface area contributed by atoms with Crippen LogP contribution in [-0.4, -0.2) is 6.54 Å². The fourth-order valence-corrected chi connectivity index (χ4v) is 1.28. The number of rotatable bonds is 6. The van der Waals surface area contributed by atoms with Crippen LogP contribution in [0, 0.1) is 5.92 Å². The first kappa shape index (κ1) is 9.96. The number of unbranched alkanes of at least 4 members (excludes halogenated alkanes) is 1. The molecule has 1 heteroatoms. The molecule has 0 aromatic carbocycles. The fourth-order valence-electron chi connectivity index (χ4n) is 1.28. The number of hydrogen-bond donors (Lipinski definition) is 1. The minimum atomic E-state index is 0.863. The number of nitrogens with two attached hydrogens (primary N) is 1. The largest absolute Gasteiger partial charge is 0.330 e. The SMILES string of the molecule is CCCCC(CC)CCN. The van der Waals surface area contributed by atoms with Gasteiger partial charge < -0.3 is 5.73 Å². The molecule has 0 heterocycles. The summed E-state index contributed by atoms with van der Waals surface area (Å²) in [6.07, 6.45) is 6.59. The van der Waals surface area contributed by atoms with Crippen LogP contribution in [0.1, 0.15) is 46.0 Å². The van der Waals surface area contributed by atoms with Crippen LogP contribution < -0.4 is 5.73 Å². The average Bonchev–Trinajstić information content (AvgIpc) is 1.98. The van der Waals surface area contributed by atoms with Gasteiger partial charge in [0.1, 0.15) is 0 Å². The standard InChI is InChI=1S/C9H21N/c1-3-5-6-9(4-2)7-8-10/h9H,3-8,10H2,1-2H3. The molecule has 0 aliphatic rings. The molecule has 0 aromatic heterocycles. The summed E-state index contributed by atoms with van der Waals surface area (Å²) in [6.45, 7) is 5.37.